The van der Waals surface area contributed by atoms with Crippen molar-refractivity contribution in [3.8, 4) is 28.7 Å². The number of carbonyl (C=O) groups excluding carboxylic acids is 1. The minimum atomic E-state index is -0.232. The van der Waals surface area contributed by atoms with E-state index in [1.54, 1.807) is 37.4 Å². The third-order valence-electron chi connectivity index (χ3n) is 4.01. The van der Waals surface area contributed by atoms with Crippen molar-refractivity contribution in [1.82, 2.24) is 20.6 Å². The van der Waals surface area contributed by atoms with Crippen LogP contribution in [-0.2, 0) is 6.54 Å². The van der Waals surface area contributed by atoms with Gasteiger partial charge in [0.05, 0.1) is 13.7 Å². The number of amides is 1. The molecule has 0 atom stereocenters. The van der Waals surface area contributed by atoms with Crippen LogP contribution in [0.5, 0.6) is 5.75 Å². The Bertz CT molecular complexity index is 1070. The average Bonchev–Trinajstić information content (AvgIpc) is 3.42. The molecule has 8 nitrogen and oxygen atoms in total. The quantitative estimate of drug-likeness (QED) is 0.550. The molecule has 2 aromatic carbocycles. The molecule has 0 unspecified atom stereocenters. The zero-order chi connectivity index (χ0) is 19.3. The SMILES string of the molecule is COc1ccc(C(=O)NCc2cc(-c3nc(-c4ccccc4)no3)no2)cc1. The predicted octanol–water partition coefficient (Wildman–Crippen LogP) is 3.33. The van der Waals surface area contributed by atoms with Crippen LogP contribution >= 0.6 is 0 Å². The maximum absolute atomic E-state index is 12.2. The summed E-state index contributed by atoms with van der Waals surface area (Å²) in [6.45, 7) is 0.178. The van der Waals surface area contributed by atoms with Gasteiger partial charge in [0.2, 0.25) is 5.82 Å². The van der Waals surface area contributed by atoms with E-state index in [9.17, 15) is 4.79 Å². The Morgan fingerprint density at radius 1 is 1.04 bits per heavy atom. The first-order chi connectivity index (χ1) is 13.7. The topological polar surface area (TPSA) is 103 Å². The van der Waals surface area contributed by atoms with Gasteiger partial charge in [0.1, 0.15) is 5.75 Å². The summed E-state index contributed by atoms with van der Waals surface area (Å²) < 4.78 is 15.6. The van der Waals surface area contributed by atoms with Gasteiger partial charge in [-0.05, 0) is 24.3 Å². The number of methoxy groups -OCH3 is 1. The number of rotatable bonds is 6. The number of nitrogens with one attached hydrogen (secondary N) is 1. The largest absolute Gasteiger partial charge is 0.497 e. The van der Waals surface area contributed by atoms with Gasteiger partial charge >= 0.3 is 0 Å². The first-order valence-electron chi connectivity index (χ1n) is 8.50. The molecule has 2 aromatic heterocycles. The highest BCUT2D eigenvalue weighted by Gasteiger charge is 2.15. The van der Waals surface area contributed by atoms with Crippen molar-refractivity contribution in [3.05, 3.63) is 72.0 Å². The summed E-state index contributed by atoms with van der Waals surface area (Å²) in [6.07, 6.45) is 0. The van der Waals surface area contributed by atoms with E-state index in [1.165, 1.54) is 0 Å². The Labute approximate surface area is 160 Å². The number of hydrogen-bond acceptors (Lipinski definition) is 7. The van der Waals surface area contributed by atoms with Crippen LogP contribution in [0.4, 0.5) is 0 Å². The predicted molar refractivity (Wildman–Crippen MR) is 99.4 cm³/mol. The lowest BCUT2D eigenvalue weighted by molar-refractivity contribution is 0.0947. The Hall–Kier alpha value is -3.94. The average molecular weight is 376 g/mol. The van der Waals surface area contributed by atoms with Crippen molar-refractivity contribution in [2.24, 2.45) is 0 Å². The Morgan fingerprint density at radius 3 is 2.57 bits per heavy atom. The lowest BCUT2D eigenvalue weighted by Gasteiger charge is -2.04. The molecule has 0 radical (unpaired) electrons. The maximum Gasteiger partial charge on any atom is 0.280 e. The molecule has 8 heteroatoms. The molecule has 0 aliphatic heterocycles. The molecule has 1 N–H and O–H groups in total. The van der Waals surface area contributed by atoms with Gasteiger partial charge in [-0.1, -0.05) is 40.6 Å². The van der Waals surface area contributed by atoms with Gasteiger partial charge in [0, 0.05) is 17.2 Å². The monoisotopic (exact) mass is 376 g/mol. The normalized spacial score (nSPS) is 10.6. The molecule has 1 amide bonds. The van der Waals surface area contributed by atoms with Crippen molar-refractivity contribution in [2.45, 2.75) is 6.54 Å². The van der Waals surface area contributed by atoms with Gasteiger partial charge in [0.25, 0.3) is 11.8 Å². The molecular weight excluding hydrogens is 360 g/mol. The Morgan fingerprint density at radius 2 is 1.82 bits per heavy atom. The van der Waals surface area contributed by atoms with Crippen molar-refractivity contribution < 1.29 is 18.6 Å². The standard InChI is InChI=1S/C20H16N4O4/c1-26-15-9-7-14(8-10-15)19(25)21-12-16-11-17(23-27-16)20-22-18(24-28-20)13-5-3-2-4-6-13/h2-11H,12H2,1H3,(H,21,25). The second-order valence-corrected chi connectivity index (χ2v) is 5.88. The molecule has 2 heterocycles. The molecule has 0 saturated heterocycles. The van der Waals surface area contributed by atoms with Crippen molar-refractivity contribution in [2.75, 3.05) is 7.11 Å². The van der Waals surface area contributed by atoms with Crippen LogP contribution in [0.25, 0.3) is 23.0 Å². The molecule has 4 rings (SSSR count). The van der Waals surface area contributed by atoms with E-state index >= 15 is 0 Å². The molecule has 0 saturated carbocycles. The lowest BCUT2D eigenvalue weighted by Crippen LogP contribution is -2.22. The fourth-order valence-electron chi connectivity index (χ4n) is 2.54. The smallest absolute Gasteiger partial charge is 0.280 e. The van der Waals surface area contributed by atoms with Crippen LogP contribution < -0.4 is 10.1 Å². The molecule has 140 valence electrons. The summed E-state index contributed by atoms with van der Waals surface area (Å²) in [5, 5.41) is 10.6. The fraction of sp³-hybridized carbons (Fsp3) is 0.100. The second kappa shape index (κ2) is 7.75. The maximum atomic E-state index is 12.2. The minimum Gasteiger partial charge on any atom is -0.497 e. The van der Waals surface area contributed by atoms with Crippen LogP contribution in [0.15, 0.2) is 69.7 Å². The van der Waals surface area contributed by atoms with Crippen LogP contribution in [0.1, 0.15) is 16.1 Å². The minimum absolute atomic E-state index is 0.178. The number of aromatic nitrogens is 3. The summed E-state index contributed by atoms with van der Waals surface area (Å²) in [6, 6.07) is 17.9. The van der Waals surface area contributed by atoms with Crippen molar-refractivity contribution in [1.29, 1.82) is 0 Å². The molecule has 0 aliphatic carbocycles. The summed E-state index contributed by atoms with van der Waals surface area (Å²) >= 11 is 0. The van der Waals surface area contributed by atoms with Gasteiger partial charge in [0.15, 0.2) is 11.5 Å². The van der Waals surface area contributed by atoms with E-state index in [0.29, 0.717) is 28.6 Å². The van der Waals surface area contributed by atoms with Crippen molar-refractivity contribution >= 4 is 5.91 Å². The summed E-state index contributed by atoms with van der Waals surface area (Å²) in [7, 11) is 1.57. The van der Waals surface area contributed by atoms with E-state index in [-0.39, 0.29) is 18.3 Å². The van der Waals surface area contributed by atoms with Crippen LogP contribution in [0.2, 0.25) is 0 Å². The lowest BCUT2D eigenvalue weighted by atomic mass is 10.2. The van der Waals surface area contributed by atoms with E-state index in [2.05, 4.69) is 20.6 Å². The molecular formula is C20H16N4O4. The van der Waals surface area contributed by atoms with Crippen LogP contribution in [0.3, 0.4) is 0 Å². The van der Waals surface area contributed by atoms with Crippen LogP contribution in [0, 0.1) is 0 Å². The molecule has 4 aromatic rings. The summed E-state index contributed by atoms with van der Waals surface area (Å²) in [5.41, 5.74) is 1.77. The van der Waals surface area contributed by atoms with Gasteiger partial charge in [-0.25, -0.2) is 0 Å². The van der Waals surface area contributed by atoms with Gasteiger partial charge < -0.3 is 19.1 Å². The van der Waals surface area contributed by atoms with E-state index < -0.39 is 0 Å². The second-order valence-electron chi connectivity index (χ2n) is 5.88. The molecule has 0 bridgehead atoms. The number of benzene rings is 2. The third-order valence-corrected chi connectivity index (χ3v) is 4.01. The summed E-state index contributed by atoms with van der Waals surface area (Å²) in [4.78, 5) is 16.5. The number of carbonyl (C=O) groups is 1. The summed E-state index contributed by atoms with van der Waals surface area (Å²) in [5.74, 6) is 1.63. The van der Waals surface area contributed by atoms with Crippen molar-refractivity contribution in [3.63, 3.8) is 0 Å². The zero-order valence-corrected chi connectivity index (χ0v) is 15.0. The third kappa shape index (κ3) is 3.75. The highest BCUT2D eigenvalue weighted by Crippen LogP contribution is 2.22. The highest BCUT2D eigenvalue weighted by molar-refractivity contribution is 5.94. The molecule has 0 spiro atoms. The first-order valence-corrected chi connectivity index (χ1v) is 8.50. The number of ether oxygens (including phenoxy) is 1. The van der Waals surface area contributed by atoms with Crippen LogP contribution in [-0.4, -0.2) is 28.3 Å². The zero-order valence-electron chi connectivity index (χ0n) is 15.0. The van der Waals surface area contributed by atoms with Gasteiger partial charge in [-0.15, -0.1) is 0 Å². The first kappa shape index (κ1) is 17.5. The number of hydrogen-bond donors (Lipinski definition) is 1. The van der Waals surface area contributed by atoms with Gasteiger partial charge in [-0.3, -0.25) is 4.79 Å². The van der Waals surface area contributed by atoms with E-state index in [0.717, 1.165) is 5.56 Å². The molecule has 0 fully saturated rings. The van der Waals surface area contributed by atoms with Gasteiger partial charge in [-0.2, -0.15) is 4.98 Å². The van der Waals surface area contributed by atoms with E-state index in [4.69, 9.17) is 13.8 Å². The fourth-order valence-corrected chi connectivity index (χ4v) is 2.54. The van der Waals surface area contributed by atoms with E-state index in [1.807, 2.05) is 30.3 Å². The highest BCUT2D eigenvalue weighted by atomic mass is 16.5. The molecule has 0 aliphatic rings. The Balaban J connectivity index is 1.40. The Kier molecular flexibility index (Phi) is 4.83. The molecule has 28 heavy (non-hydrogen) atoms. The number of nitrogens with zero attached hydrogens (tertiary/aromatic N) is 3.